The van der Waals surface area contributed by atoms with Gasteiger partial charge in [-0.1, -0.05) is 84.4 Å². The number of hydrogen-bond acceptors (Lipinski definition) is 4. The Morgan fingerprint density at radius 2 is 1.47 bits per heavy atom. The van der Waals surface area contributed by atoms with Gasteiger partial charge in [0.05, 0.1) is 16.8 Å². The number of nitrogens with zero attached hydrogens (tertiary/aromatic N) is 2. The Hall–Kier alpha value is -4.20. The molecule has 6 nitrogen and oxygen atoms in total. The first-order valence-corrected chi connectivity index (χ1v) is 13.7. The molecule has 0 aromatic heterocycles. The standard InChI is InChI=1S/C30H24ClN3O3S/c1-21-15-16-24(18-29(21)31)34(38(36,37)25-11-3-2-4-12-25)20-30(35)33-32-19-28-26-13-7-5-9-22(26)17-23-10-6-8-14-27(23)28/h2-19H,20H2,1H3,(H,33,35)/b32-19-. The van der Waals surface area contributed by atoms with E-state index in [1.54, 1.807) is 36.5 Å². The van der Waals surface area contributed by atoms with Gasteiger partial charge < -0.3 is 0 Å². The van der Waals surface area contributed by atoms with Gasteiger partial charge in [-0.05, 0) is 64.4 Å². The van der Waals surface area contributed by atoms with Crippen LogP contribution < -0.4 is 9.73 Å². The molecule has 1 N–H and O–H groups in total. The second kappa shape index (κ2) is 10.7. The molecule has 5 rings (SSSR count). The Labute approximate surface area is 226 Å². The van der Waals surface area contributed by atoms with Crippen molar-refractivity contribution in [2.75, 3.05) is 10.8 Å². The second-order valence-electron chi connectivity index (χ2n) is 8.78. The molecule has 5 aromatic carbocycles. The molecule has 0 atom stereocenters. The lowest BCUT2D eigenvalue weighted by atomic mass is 9.97. The fraction of sp³-hybridized carbons (Fsp3) is 0.0667. The lowest BCUT2D eigenvalue weighted by Crippen LogP contribution is -2.39. The second-order valence-corrected chi connectivity index (χ2v) is 11.1. The molecule has 0 saturated carbocycles. The van der Waals surface area contributed by atoms with Gasteiger partial charge in [0.2, 0.25) is 0 Å². The highest BCUT2D eigenvalue weighted by Crippen LogP contribution is 2.29. The lowest BCUT2D eigenvalue weighted by Gasteiger charge is -2.24. The third kappa shape index (κ3) is 5.11. The van der Waals surface area contributed by atoms with Crippen molar-refractivity contribution in [3.05, 3.63) is 119 Å². The van der Waals surface area contributed by atoms with E-state index >= 15 is 0 Å². The van der Waals surface area contributed by atoms with Gasteiger partial charge in [-0.25, -0.2) is 13.8 Å². The molecule has 190 valence electrons. The van der Waals surface area contributed by atoms with E-state index in [2.05, 4.69) is 16.6 Å². The van der Waals surface area contributed by atoms with E-state index in [9.17, 15) is 13.2 Å². The molecule has 0 aliphatic carbocycles. The minimum absolute atomic E-state index is 0.0650. The molecule has 0 aliphatic rings. The fourth-order valence-corrected chi connectivity index (χ4v) is 5.90. The highest BCUT2D eigenvalue weighted by atomic mass is 35.5. The molecule has 8 heteroatoms. The number of benzene rings is 5. The quantitative estimate of drug-likeness (QED) is 0.149. The van der Waals surface area contributed by atoms with Crippen molar-refractivity contribution in [1.29, 1.82) is 0 Å². The normalized spacial score (nSPS) is 11.7. The van der Waals surface area contributed by atoms with Crippen molar-refractivity contribution in [3.8, 4) is 0 Å². The fourth-order valence-electron chi connectivity index (χ4n) is 4.29. The van der Waals surface area contributed by atoms with Crippen LogP contribution in [0, 0.1) is 6.92 Å². The molecular weight excluding hydrogens is 518 g/mol. The molecule has 1 amide bonds. The molecular formula is C30H24ClN3O3S. The Bertz CT molecular complexity index is 1730. The SMILES string of the molecule is Cc1ccc(N(CC(=O)N/N=C\c2c3ccccc3cc3ccccc23)S(=O)(=O)c2ccccc2)cc1Cl. The molecule has 0 spiro atoms. The van der Waals surface area contributed by atoms with E-state index in [-0.39, 0.29) is 10.6 Å². The monoisotopic (exact) mass is 541 g/mol. The van der Waals surface area contributed by atoms with Crippen LogP contribution in [0.2, 0.25) is 5.02 Å². The minimum Gasteiger partial charge on any atom is -0.271 e. The summed E-state index contributed by atoms with van der Waals surface area (Å²) >= 11 is 6.29. The Morgan fingerprint density at radius 1 is 0.868 bits per heavy atom. The van der Waals surface area contributed by atoms with Crippen LogP contribution in [0.1, 0.15) is 11.1 Å². The average molecular weight is 542 g/mol. The van der Waals surface area contributed by atoms with Crippen LogP contribution in [0.5, 0.6) is 0 Å². The first-order valence-electron chi connectivity index (χ1n) is 11.9. The zero-order valence-corrected chi connectivity index (χ0v) is 22.1. The van der Waals surface area contributed by atoms with Crippen LogP contribution >= 0.6 is 11.6 Å². The number of anilines is 1. The highest BCUT2D eigenvalue weighted by molar-refractivity contribution is 7.92. The van der Waals surface area contributed by atoms with Gasteiger partial charge in [-0.15, -0.1) is 0 Å². The third-order valence-electron chi connectivity index (χ3n) is 6.26. The van der Waals surface area contributed by atoms with Crippen molar-refractivity contribution in [2.45, 2.75) is 11.8 Å². The van der Waals surface area contributed by atoms with Gasteiger partial charge in [0.25, 0.3) is 15.9 Å². The summed E-state index contributed by atoms with van der Waals surface area (Å²) in [5, 5.41) is 8.69. The predicted molar refractivity (Wildman–Crippen MR) is 154 cm³/mol. The summed E-state index contributed by atoms with van der Waals surface area (Å²) in [7, 11) is -4.05. The Morgan fingerprint density at radius 3 is 2.11 bits per heavy atom. The molecule has 0 unspecified atom stereocenters. The van der Waals surface area contributed by atoms with E-state index in [1.165, 1.54) is 18.2 Å². The summed E-state index contributed by atoms with van der Waals surface area (Å²) in [6, 6.07) is 30.8. The van der Waals surface area contributed by atoms with Crippen LogP contribution in [0.25, 0.3) is 21.5 Å². The third-order valence-corrected chi connectivity index (χ3v) is 8.45. The summed E-state index contributed by atoms with van der Waals surface area (Å²) < 4.78 is 28.1. The van der Waals surface area contributed by atoms with E-state index in [0.29, 0.717) is 5.02 Å². The van der Waals surface area contributed by atoms with Crippen molar-refractivity contribution >= 4 is 61.0 Å². The van der Waals surface area contributed by atoms with Crippen LogP contribution in [0.15, 0.2) is 113 Å². The molecule has 0 aliphatic heterocycles. The predicted octanol–water partition coefficient (Wildman–Crippen LogP) is 6.30. The number of carbonyl (C=O) groups is 1. The topological polar surface area (TPSA) is 78.8 Å². The molecule has 5 aromatic rings. The number of sulfonamides is 1. The maximum absolute atomic E-state index is 13.5. The number of nitrogens with one attached hydrogen (secondary N) is 1. The van der Waals surface area contributed by atoms with Gasteiger partial charge in [0.15, 0.2) is 0 Å². The Balaban J connectivity index is 1.45. The average Bonchev–Trinajstić information content (AvgIpc) is 2.93. The number of carbonyl (C=O) groups excluding carboxylic acids is 1. The van der Waals surface area contributed by atoms with Crippen molar-refractivity contribution in [2.24, 2.45) is 5.10 Å². The zero-order chi connectivity index (χ0) is 26.7. The van der Waals surface area contributed by atoms with Gasteiger partial charge in [0.1, 0.15) is 6.54 Å². The van der Waals surface area contributed by atoms with Crippen LogP contribution in [0.3, 0.4) is 0 Å². The molecule has 0 saturated heterocycles. The van der Waals surface area contributed by atoms with Crippen molar-refractivity contribution in [1.82, 2.24) is 5.43 Å². The summed E-state index contributed by atoms with van der Waals surface area (Å²) in [5.74, 6) is -0.595. The zero-order valence-electron chi connectivity index (χ0n) is 20.5. The number of amides is 1. The van der Waals surface area contributed by atoms with Crippen molar-refractivity contribution in [3.63, 3.8) is 0 Å². The molecule has 0 fully saturated rings. The maximum atomic E-state index is 13.5. The highest BCUT2D eigenvalue weighted by Gasteiger charge is 2.27. The van der Waals surface area contributed by atoms with E-state index in [0.717, 1.165) is 37.0 Å². The van der Waals surface area contributed by atoms with E-state index in [1.807, 2.05) is 55.5 Å². The smallest absolute Gasteiger partial charge is 0.264 e. The van der Waals surface area contributed by atoms with Gasteiger partial charge >= 0.3 is 0 Å². The summed E-state index contributed by atoms with van der Waals surface area (Å²) in [4.78, 5) is 13.1. The molecule has 0 heterocycles. The van der Waals surface area contributed by atoms with Gasteiger partial charge in [0, 0.05) is 10.6 Å². The van der Waals surface area contributed by atoms with Crippen LogP contribution in [-0.2, 0) is 14.8 Å². The Kier molecular flexibility index (Phi) is 7.13. The number of hydrazone groups is 1. The number of aryl methyl sites for hydroxylation is 1. The minimum atomic E-state index is -4.05. The van der Waals surface area contributed by atoms with Crippen LogP contribution in [0.4, 0.5) is 5.69 Å². The maximum Gasteiger partial charge on any atom is 0.264 e. The molecule has 38 heavy (non-hydrogen) atoms. The number of hydrogen-bond donors (Lipinski definition) is 1. The summed E-state index contributed by atoms with van der Waals surface area (Å²) in [5.41, 5.74) is 4.44. The number of halogens is 1. The van der Waals surface area contributed by atoms with Crippen molar-refractivity contribution < 1.29 is 13.2 Å². The molecule has 0 bridgehead atoms. The van der Waals surface area contributed by atoms with Crippen LogP contribution in [-0.4, -0.2) is 27.1 Å². The summed E-state index contributed by atoms with van der Waals surface area (Å²) in [6.07, 6.45) is 1.60. The first-order chi connectivity index (χ1) is 18.3. The summed E-state index contributed by atoms with van der Waals surface area (Å²) in [6.45, 7) is 1.34. The lowest BCUT2D eigenvalue weighted by molar-refractivity contribution is -0.119. The number of rotatable bonds is 7. The van der Waals surface area contributed by atoms with E-state index < -0.39 is 22.5 Å². The van der Waals surface area contributed by atoms with Gasteiger partial charge in [-0.2, -0.15) is 5.10 Å². The molecule has 0 radical (unpaired) electrons. The number of fused-ring (bicyclic) bond motifs is 2. The van der Waals surface area contributed by atoms with E-state index in [4.69, 9.17) is 11.6 Å². The van der Waals surface area contributed by atoms with Gasteiger partial charge in [-0.3, -0.25) is 9.10 Å². The largest absolute Gasteiger partial charge is 0.271 e. The first kappa shape index (κ1) is 25.4.